The highest BCUT2D eigenvalue weighted by Crippen LogP contribution is 2.50. The largest absolute Gasteiger partial charge is 0.497 e. The van der Waals surface area contributed by atoms with Crippen molar-refractivity contribution in [2.75, 3.05) is 44.0 Å². The van der Waals surface area contributed by atoms with E-state index < -0.39 is 4.92 Å². The molecule has 2 aromatic carbocycles. The van der Waals surface area contributed by atoms with Gasteiger partial charge in [0, 0.05) is 25.2 Å². The summed E-state index contributed by atoms with van der Waals surface area (Å²) in [5.41, 5.74) is 9.10. The van der Waals surface area contributed by atoms with Crippen LogP contribution in [0.4, 0.5) is 27.8 Å². The summed E-state index contributed by atoms with van der Waals surface area (Å²) in [4.78, 5) is 13.5. The van der Waals surface area contributed by atoms with Gasteiger partial charge < -0.3 is 20.1 Å². The average Bonchev–Trinajstić information content (AvgIpc) is 3.14. The van der Waals surface area contributed by atoms with Crippen molar-refractivity contribution in [2.24, 2.45) is 10.2 Å². The van der Waals surface area contributed by atoms with Crippen molar-refractivity contribution < 1.29 is 14.4 Å². The Morgan fingerprint density at radius 1 is 1.10 bits per heavy atom. The number of ether oxygens (including phenoxy) is 2. The fourth-order valence-corrected chi connectivity index (χ4v) is 4.42. The van der Waals surface area contributed by atoms with Crippen LogP contribution in [0.15, 0.2) is 58.8 Å². The molecule has 1 fully saturated rings. The number of nitro benzene ring substituents is 1. The van der Waals surface area contributed by atoms with Gasteiger partial charge in [-0.2, -0.15) is 5.11 Å². The third kappa shape index (κ3) is 4.49. The fraction of sp³-hybridized carbons (Fsp3) is 0.238. The van der Waals surface area contributed by atoms with Gasteiger partial charge >= 0.3 is 0 Å². The number of thiophene rings is 1. The molecule has 1 aromatic heterocycles. The van der Waals surface area contributed by atoms with Crippen molar-refractivity contribution in [1.29, 1.82) is 0 Å². The molecule has 0 atom stereocenters. The standard InChI is InChI=1S/C21H21N5O4S/c1-29-17-8-4-15(5-9-17)23-24-19-18(22)20(14-2-6-16(7-3-14)26(27)28)31-21(19)25-10-12-30-13-11-25/h2-9H,10-13,22H2,1H3. The van der Waals surface area contributed by atoms with E-state index in [9.17, 15) is 10.1 Å². The third-order valence-electron chi connectivity index (χ3n) is 4.88. The monoisotopic (exact) mass is 439 g/mol. The second-order valence-electron chi connectivity index (χ2n) is 6.80. The lowest BCUT2D eigenvalue weighted by molar-refractivity contribution is -0.384. The smallest absolute Gasteiger partial charge is 0.269 e. The van der Waals surface area contributed by atoms with E-state index in [2.05, 4.69) is 15.1 Å². The first-order chi connectivity index (χ1) is 15.1. The molecule has 160 valence electrons. The van der Waals surface area contributed by atoms with Crippen molar-refractivity contribution in [2.45, 2.75) is 0 Å². The number of nitrogens with zero attached hydrogens (tertiary/aromatic N) is 4. The molecule has 2 N–H and O–H groups in total. The summed E-state index contributed by atoms with van der Waals surface area (Å²) < 4.78 is 10.6. The Bertz CT molecular complexity index is 1090. The molecule has 0 spiro atoms. The van der Waals surface area contributed by atoms with Gasteiger partial charge in [0.25, 0.3) is 5.69 Å². The summed E-state index contributed by atoms with van der Waals surface area (Å²) in [6, 6.07) is 13.6. The molecule has 2 heterocycles. The van der Waals surface area contributed by atoms with Gasteiger partial charge in [0.15, 0.2) is 0 Å². The van der Waals surface area contributed by atoms with E-state index in [0.717, 1.165) is 34.3 Å². The topological polar surface area (TPSA) is 116 Å². The first kappa shape index (κ1) is 20.8. The highest BCUT2D eigenvalue weighted by Gasteiger charge is 2.23. The zero-order valence-electron chi connectivity index (χ0n) is 16.9. The molecular weight excluding hydrogens is 418 g/mol. The first-order valence-electron chi connectivity index (χ1n) is 9.62. The van der Waals surface area contributed by atoms with Crippen LogP contribution in [0.25, 0.3) is 10.4 Å². The van der Waals surface area contributed by atoms with E-state index in [1.54, 1.807) is 19.2 Å². The van der Waals surface area contributed by atoms with Crippen molar-refractivity contribution in [1.82, 2.24) is 0 Å². The van der Waals surface area contributed by atoms with Gasteiger partial charge in [-0.1, -0.05) is 0 Å². The Balaban J connectivity index is 1.72. The summed E-state index contributed by atoms with van der Waals surface area (Å²) in [5, 5.41) is 20.7. The Labute approximate surface area is 182 Å². The number of rotatable bonds is 6. The van der Waals surface area contributed by atoms with Gasteiger partial charge in [-0.15, -0.1) is 16.5 Å². The minimum Gasteiger partial charge on any atom is -0.497 e. The zero-order valence-corrected chi connectivity index (χ0v) is 17.7. The first-order valence-corrected chi connectivity index (χ1v) is 10.4. The number of hydrogen-bond acceptors (Lipinski definition) is 9. The number of nitrogens with two attached hydrogens (primary N) is 1. The number of anilines is 2. The van der Waals surface area contributed by atoms with Crippen LogP contribution in [0.3, 0.4) is 0 Å². The maximum absolute atomic E-state index is 11.0. The van der Waals surface area contributed by atoms with E-state index in [0.29, 0.717) is 30.3 Å². The van der Waals surface area contributed by atoms with Gasteiger partial charge in [-0.3, -0.25) is 10.1 Å². The number of nitro groups is 1. The summed E-state index contributed by atoms with van der Waals surface area (Å²) >= 11 is 1.50. The van der Waals surface area contributed by atoms with Crippen molar-refractivity contribution in [3.05, 3.63) is 58.6 Å². The van der Waals surface area contributed by atoms with E-state index in [1.165, 1.54) is 23.5 Å². The number of azo groups is 1. The highest BCUT2D eigenvalue weighted by molar-refractivity contribution is 7.21. The summed E-state index contributed by atoms with van der Waals surface area (Å²) in [6.07, 6.45) is 0. The number of benzene rings is 2. The second-order valence-corrected chi connectivity index (χ2v) is 7.80. The molecule has 1 aliphatic rings. The number of methoxy groups -OCH3 is 1. The highest BCUT2D eigenvalue weighted by atomic mass is 32.1. The van der Waals surface area contributed by atoms with E-state index in [-0.39, 0.29) is 5.69 Å². The minimum atomic E-state index is -0.421. The molecule has 3 aromatic rings. The Morgan fingerprint density at radius 2 is 1.77 bits per heavy atom. The molecule has 0 bridgehead atoms. The van der Waals surface area contributed by atoms with Crippen LogP contribution in [0.1, 0.15) is 0 Å². The van der Waals surface area contributed by atoms with Gasteiger partial charge in [0.05, 0.1) is 41.5 Å². The molecule has 9 nitrogen and oxygen atoms in total. The quantitative estimate of drug-likeness (QED) is 0.322. The van der Waals surface area contributed by atoms with Crippen LogP contribution in [0.5, 0.6) is 5.75 Å². The van der Waals surface area contributed by atoms with E-state index in [4.69, 9.17) is 15.2 Å². The lowest BCUT2D eigenvalue weighted by Gasteiger charge is -2.27. The SMILES string of the molecule is COc1ccc(N=Nc2c(N3CCOCC3)sc(-c3ccc([N+](=O)[O-])cc3)c2N)cc1. The summed E-state index contributed by atoms with van der Waals surface area (Å²) in [7, 11) is 1.61. The summed E-state index contributed by atoms with van der Waals surface area (Å²) in [5.74, 6) is 0.739. The normalized spacial score (nSPS) is 14.2. The summed E-state index contributed by atoms with van der Waals surface area (Å²) in [6.45, 7) is 2.70. The van der Waals surface area contributed by atoms with Crippen molar-refractivity contribution in [3.63, 3.8) is 0 Å². The molecule has 1 saturated heterocycles. The van der Waals surface area contributed by atoms with Gasteiger partial charge in [-0.05, 0) is 42.0 Å². The molecule has 0 amide bonds. The number of non-ortho nitro benzene ring substituents is 1. The molecule has 0 aliphatic carbocycles. The Kier molecular flexibility index (Phi) is 6.10. The number of hydrogen-bond donors (Lipinski definition) is 1. The van der Waals surface area contributed by atoms with Crippen LogP contribution >= 0.6 is 11.3 Å². The van der Waals surface area contributed by atoms with Gasteiger partial charge in [-0.25, -0.2) is 0 Å². The van der Waals surface area contributed by atoms with Crippen molar-refractivity contribution >= 4 is 39.1 Å². The molecular formula is C21H21N5O4S. The lowest BCUT2D eigenvalue weighted by atomic mass is 10.1. The number of nitrogen functional groups attached to an aromatic ring is 1. The van der Waals surface area contributed by atoms with Crippen LogP contribution in [-0.2, 0) is 4.74 Å². The molecule has 0 unspecified atom stereocenters. The molecule has 31 heavy (non-hydrogen) atoms. The Morgan fingerprint density at radius 3 is 2.39 bits per heavy atom. The fourth-order valence-electron chi connectivity index (χ4n) is 3.21. The van der Waals surface area contributed by atoms with Gasteiger partial charge in [0.1, 0.15) is 16.4 Å². The predicted octanol–water partition coefficient (Wildman–Crippen LogP) is 5.17. The average molecular weight is 439 g/mol. The van der Waals surface area contributed by atoms with Crippen LogP contribution in [-0.4, -0.2) is 38.3 Å². The molecule has 0 radical (unpaired) electrons. The second kappa shape index (κ2) is 9.11. The van der Waals surface area contributed by atoms with Crippen LogP contribution in [0, 0.1) is 10.1 Å². The van der Waals surface area contributed by atoms with E-state index >= 15 is 0 Å². The predicted molar refractivity (Wildman–Crippen MR) is 121 cm³/mol. The van der Waals surface area contributed by atoms with Crippen LogP contribution < -0.4 is 15.4 Å². The molecule has 1 aliphatic heterocycles. The molecule has 0 saturated carbocycles. The van der Waals surface area contributed by atoms with Crippen LogP contribution in [0.2, 0.25) is 0 Å². The zero-order chi connectivity index (χ0) is 21.8. The van der Waals surface area contributed by atoms with Gasteiger partial charge in [0.2, 0.25) is 0 Å². The molecule has 4 rings (SSSR count). The Hall–Kier alpha value is -3.50. The molecule has 10 heteroatoms. The minimum absolute atomic E-state index is 0.0340. The maximum atomic E-state index is 11.0. The third-order valence-corrected chi connectivity index (χ3v) is 6.18. The van der Waals surface area contributed by atoms with Crippen molar-refractivity contribution in [3.8, 4) is 16.2 Å². The van der Waals surface area contributed by atoms with E-state index in [1.807, 2.05) is 24.3 Å². The number of morpholine rings is 1. The maximum Gasteiger partial charge on any atom is 0.269 e. The lowest BCUT2D eigenvalue weighted by Crippen LogP contribution is -2.35.